The molecule has 1 rings (SSSR count). The van der Waals surface area contributed by atoms with E-state index in [1.165, 1.54) is 11.8 Å². The van der Waals surface area contributed by atoms with Gasteiger partial charge in [0.2, 0.25) is 0 Å². The van der Waals surface area contributed by atoms with Gasteiger partial charge in [-0.3, -0.25) is 0 Å². The summed E-state index contributed by atoms with van der Waals surface area (Å²) in [6, 6.07) is 8.24. The van der Waals surface area contributed by atoms with Gasteiger partial charge >= 0.3 is 0 Å². The van der Waals surface area contributed by atoms with E-state index in [1.807, 2.05) is 24.3 Å². The fourth-order valence-corrected chi connectivity index (χ4v) is 1.55. The van der Waals surface area contributed by atoms with Gasteiger partial charge in [0.05, 0.1) is 12.9 Å². The number of nitrogens with one attached hydrogen (secondary N) is 1. The van der Waals surface area contributed by atoms with E-state index < -0.39 is 0 Å². The van der Waals surface area contributed by atoms with Crippen LogP contribution in [0.5, 0.6) is 0 Å². The van der Waals surface area contributed by atoms with Crippen molar-refractivity contribution < 1.29 is 4.74 Å². The molecule has 0 bridgehead atoms. The average molecular weight is 240 g/mol. The number of hydrogen-bond donors (Lipinski definition) is 1. The average Bonchev–Trinajstić information content (AvgIpc) is 2.29. The van der Waals surface area contributed by atoms with Crippen LogP contribution in [0.4, 0.5) is 0 Å². The molecule has 2 nitrogen and oxygen atoms in total. The Morgan fingerprint density at radius 1 is 1.44 bits per heavy atom. The van der Waals surface area contributed by atoms with E-state index in [1.54, 1.807) is 0 Å². The molecule has 0 spiro atoms. The van der Waals surface area contributed by atoms with Crippen LogP contribution in [-0.2, 0) is 4.74 Å². The second-order valence-electron chi connectivity index (χ2n) is 3.62. The minimum Gasteiger partial charge on any atom is -0.502 e. The molecule has 1 aromatic carbocycles. The number of halogens is 1. The van der Waals surface area contributed by atoms with Crippen LogP contribution < -0.4 is 5.32 Å². The van der Waals surface area contributed by atoms with Crippen LogP contribution in [0, 0.1) is 0 Å². The van der Waals surface area contributed by atoms with Crippen LogP contribution in [0.3, 0.4) is 0 Å². The van der Waals surface area contributed by atoms with Crippen molar-refractivity contribution in [1.29, 1.82) is 0 Å². The molecule has 0 aliphatic carbocycles. The SMILES string of the molecule is C=COCCCNC(C)c1ccc(Cl)cc1. The zero-order chi connectivity index (χ0) is 11.8. The van der Waals surface area contributed by atoms with Crippen molar-refractivity contribution >= 4 is 11.6 Å². The molecule has 88 valence electrons. The zero-order valence-electron chi connectivity index (χ0n) is 9.58. The van der Waals surface area contributed by atoms with Crippen molar-refractivity contribution in [2.45, 2.75) is 19.4 Å². The lowest BCUT2D eigenvalue weighted by atomic mass is 10.1. The van der Waals surface area contributed by atoms with E-state index in [9.17, 15) is 0 Å². The van der Waals surface area contributed by atoms with E-state index in [0.29, 0.717) is 12.6 Å². The maximum absolute atomic E-state index is 5.83. The Morgan fingerprint density at radius 3 is 2.75 bits per heavy atom. The first-order chi connectivity index (χ1) is 7.74. The van der Waals surface area contributed by atoms with E-state index >= 15 is 0 Å². The number of ether oxygens (including phenoxy) is 1. The highest BCUT2D eigenvalue weighted by atomic mass is 35.5. The topological polar surface area (TPSA) is 21.3 Å². The molecule has 0 radical (unpaired) electrons. The molecule has 3 heteroatoms. The first-order valence-corrected chi connectivity index (χ1v) is 5.83. The first-order valence-electron chi connectivity index (χ1n) is 5.45. The Morgan fingerprint density at radius 2 is 2.12 bits per heavy atom. The molecule has 16 heavy (non-hydrogen) atoms. The first kappa shape index (κ1) is 13.1. The normalized spacial score (nSPS) is 12.1. The molecular formula is C13H18ClNO. The van der Waals surface area contributed by atoms with Gasteiger partial charge < -0.3 is 10.1 Å². The number of benzene rings is 1. The van der Waals surface area contributed by atoms with Gasteiger partial charge in [-0.25, -0.2) is 0 Å². The molecule has 0 fully saturated rings. The maximum atomic E-state index is 5.83. The quantitative estimate of drug-likeness (QED) is 0.581. The van der Waals surface area contributed by atoms with Gasteiger partial charge in [0.25, 0.3) is 0 Å². The van der Waals surface area contributed by atoms with Crippen molar-refractivity contribution in [3.63, 3.8) is 0 Å². The standard InChI is InChI=1S/C13H18ClNO/c1-3-16-10-4-9-15-11(2)12-5-7-13(14)8-6-12/h3,5-8,11,15H,1,4,9-10H2,2H3. The van der Waals surface area contributed by atoms with Crippen LogP contribution >= 0.6 is 11.6 Å². The van der Waals surface area contributed by atoms with Gasteiger partial charge in [-0.15, -0.1) is 0 Å². The summed E-state index contributed by atoms with van der Waals surface area (Å²) in [5.74, 6) is 0. The minimum absolute atomic E-state index is 0.334. The summed E-state index contributed by atoms with van der Waals surface area (Å²) in [4.78, 5) is 0. The lowest BCUT2D eigenvalue weighted by Crippen LogP contribution is -2.20. The molecule has 0 aliphatic rings. The van der Waals surface area contributed by atoms with Gasteiger partial charge in [-0.1, -0.05) is 30.3 Å². The summed E-state index contributed by atoms with van der Waals surface area (Å²) in [5, 5.41) is 4.19. The Bertz CT molecular complexity index is 310. The van der Waals surface area contributed by atoms with Crippen LogP contribution in [0.15, 0.2) is 37.1 Å². The maximum Gasteiger partial charge on any atom is 0.0885 e. The molecule has 0 aliphatic heterocycles. The smallest absolute Gasteiger partial charge is 0.0885 e. The summed E-state index contributed by atoms with van der Waals surface area (Å²) in [5.41, 5.74) is 1.24. The molecular weight excluding hydrogens is 222 g/mol. The predicted octanol–water partition coefficient (Wildman–Crippen LogP) is 3.54. The number of hydrogen-bond acceptors (Lipinski definition) is 2. The predicted molar refractivity (Wildman–Crippen MR) is 68.6 cm³/mol. The Labute approximate surface area is 102 Å². The lowest BCUT2D eigenvalue weighted by molar-refractivity contribution is 0.243. The van der Waals surface area contributed by atoms with Crippen molar-refractivity contribution in [1.82, 2.24) is 5.32 Å². The molecule has 0 heterocycles. The van der Waals surface area contributed by atoms with Crippen molar-refractivity contribution in [2.24, 2.45) is 0 Å². The zero-order valence-corrected chi connectivity index (χ0v) is 10.3. The van der Waals surface area contributed by atoms with Crippen LogP contribution in [-0.4, -0.2) is 13.2 Å². The van der Waals surface area contributed by atoms with E-state index in [2.05, 4.69) is 18.8 Å². The van der Waals surface area contributed by atoms with Crippen molar-refractivity contribution in [3.05, 3.63) is 47.7 Å². The summed E-state index contributed by atoms with van der Waals surface area (Å²) in [6.07, 6.45) is 2.45. The molecule has 0 saturated carbocycles. The minimum atomic E-state index is 0.334. The monoisotopic (exact) mass is 239 g/mol. The molecule has 0 saturated heterocycles. The van der Waals surface area contributed by atoms with E-state index in [4.69, 9.17) is 16.3 Å². The highest BCUT2D eigenvalue weighted by Crippen LogP contribution is 2.15. The largest absolute Gasteiger partial charge is 0.502 e. The molecule has 0 aromatic heterocycles. The van der Waals surface area contributed by atoms with Crippen molar-refractivity contribution in [2.75, 3.05) is 13.2 Å². The summed E-state index contributed by atoms with van der Waals surface area (Å²) in [7, 11) is 0. The molecule has 0 amide bonds. The fourth-order valence-electron chi connectivity index (χ4n) is 1.43. The highest BCUT2D eigenvalue weighted by molar-refractivity contribution is 6.30. The van der Waals surface area contributed by atoms with Gasteiger partial charge in [-0.2, -0.15) is 0 Å². The van der Waals surface area contributed by atoms with E-state index in [-0.39, 0.29) is 0 Å². The van der Waals surface area contributed by atoms with Gasteiger partial charge in [0.15, 0.2) is 0 Å². The summed E-state index contributed by atoms with van der Waals surface area (Å²) < 4.78 is 5.04. The Hall–Kier alpha value is -0.990. The second kappa shape index (κ2) is 7.31. The van der Waals surface area contributed by atoms with Crippen LogP contribution in [0.1, 0.15) is 24.9 Å². The molecule has 1 aromatic rings. The van der Waals surface area contributed by atoms with Gasteiger partial charge in [-0.05, 0) is 37.6 Å². The van der Waals surface area contributed by atoms with Gasteiger partial charge in [0, 0.05) is 11.1 Å². The number of rotatable bonds is 7. The molecule has 1 unspecified atom stereocenters. The Kier molecular flexibility index (Phi) is 5.98. The summed E-state index contributed by atoms with van der Waals surface area (Å²) >= 11 is 5.83. The third kappa shape index (κ3) is 4.69. The van der Waals surface area contributed by atoms with Crippen molar-refractivity contribution in [3.8, 4) is 0 Å². The lowest BCUT2D eigenvalue weighted by Gasteiger charge is -2.14. The third-order valence-electron chi connectivity index (χ3n) is 2.38. The Balaban J connectivity index is 2.26. The second-order valence-corrected chi connectivity index (χ2v) is 4.05. The fraction of sp³-hybridized carbons (Fsp3) is 0.385. The highest BCUT2D eigenvalue weighted by Gasteiger charge is 2.03. The van der Waals surface area contributed by atoms with Crippen LogP contribution in [0.2, 0.25) is 5.02 Å². The molecule has 1 atom stereocenters. The third-order valence-corrected chi connectivity index (χ3v) is 2.63. The van der Waals surface area contributed by atoms with Crippen LogP contribution in [0.25, 0.3) is 0 Å². The van der Waals surface area contributed by atoms with E-state index in [0.717, 1.165) is 18.0 Å². The van der Waals surface area contributed by atoms with Gasteiger partial charge in [0.1, 0.15) is 0 Å². The molecule has 1 N–H and O–H groups in total. The summed E-state index contributed by atoms with van der Waals surface area (Å²) in [6.45, 7) is 7.27.